The Labute approximate surface area is 117 Å². The number of rotatable bonds is 4. The van der Waals surface area contributed by atoms with Gasteiger partial charge in [0.25, 0.3) is 0 Å². The number of hydrogen-bond donors (Lipinski definition) is 1. The van der Waals surface area contributed by atoms with Crippen LogP contribution < -0.4 is 5.32 Å². The van der Waals surface area contributed by atoms with E-state index in [2.05, 4.69) is 10.2 Å². The first-order chi connectivity index (χ1) is 8.79. The summed E-state index contributed by atoms with van der Waals surface area (Å²) in [4.78, 5) is 2.59. The molecule has 0 spiro atoms. The lowest BCUT2D eigenvalue weighted by atomic mass is 9.98. The van der Waals surface area contributed by atoms with Crippen LogP contribution in [-0.2, 0) is 9.84 Å². The maximum absolute atomic E-state index is 12.0. The van der Waals surface area contributed by atoms with E-state index in [0.29, 0.717) is 12.6 Å². The number of sulfone groups is 1. The van der Waals surface area contributed by atoms with Crippen molar-refractivity contribution in [2.45, 2.75) is 63.3 Å². The van der Waals surface area contributed by atoms with Crippen LogP contribution in [0.1, 0.15) is 46.5 Å². The summed E-state index contributed by atoms with van der Waals surface area (Å²) in [5.74, 6) is 0.251. The minimum absolute atomic E-state index is 0.251. The van der Waals surface area contributed by atoms with Gasteiger partial charge in [0, 0.05) is 18.6 Å². The molecule has 2 unspecified atom stereocenters. The fraction of sp³-hybridized carbons (Fsp3) is 1.00. The third-order valence-electron chi connectivity index (χ3n) is 4.56. The second-order valence-corrected chi connectivity index (χ2v) is 9.80. The van der Waals surface area contributed by atoms with Crippen LogP contribution >= 0.6 is 0 Å². The predicted molar refractivity (Wildman–Crippen MR) is 79.2 cm³/mol. The van der Waals surface area contributed by atoms with Gasteiger partial charge in [-0.3, -0.25) is 0 Å². The molecule has 0 aromatic carbocycles. The molecule has 0 radical (unpaired) electrons. The lowest BCUT2D eigenvalue weighted by Crippen LogP contribution is -2.47. The summed E-state index contributed by atoms with van der Waals surface area (Å²) in [6.45, 7) is 8.36. The Balaban J connectivity index is 1.75. The van der Waals surface area contributed by atoms with Gasteiger partial charge in [0.05, 0.1) is 10.5 Å². The average molecular weight is 288 g/mol. The molecule has 0 aromatic heterocycles. The average Bonchev–Trinajstić information content (AvgIpc) is 2.74. The standard InChI is InChI=1S/C14H28N2O2S/c1-14(2,3)19(17,18)10-7-15-12-6-9-16-8-4-5-13(16)11-12/h12-13,15H,4-11H2,1-3H3. The second-order valence-electron chi connectivity index (χ2n) is 6.94. The van der Waals surface area contributed by atoms with Gasteiger partial charge in [0.2, 0.25) is 0 Å². The first-order valence-corrected chi connectivity index (χ1v) is 9.14. The Morgan fingerprint density at radius 2 is 1.95 bits per heavy atom. The molecule has 0 bridgehead atoms. The highest BCUT2D eigenvalue weighted by Gasteiger charge is 2.32. The molecule has 0 aliphatic carbocycles. The van der Waals surface area contributed by atoms with E-state index in [9.17, 15) is 8.42 Å². The van der Waals surface area contributed by atoms with E-state index in [4.69, 9.17) is 0 Å². The molecule has 1 N–H and O–H groups in total. The fourth-order valence-electron chi connectivity index (χ4n) is 3.11. The van der Waals surface area contributed by atoms with Gasteiger partial charge in [-0.1, -0.05) is 0 Å². The highest BCUT2D eigenvalue weighted by Crippen LogP contribution is 2.26. The maximum Gasteiger partial charge on any atom is 0.156 e. The van der Waals surface area contributed by atoms with Gasteiger partial charge >= 0.3 is 0 Å². The smallest absolute Gasteiger partial charge is 0.156 e. The van der Waals surface area contributed by atoms with Crippen LogP contribution in [0.15, 0.2) is 0 Å². The SMILES string of the molecule is CC(C)(C)S(=O)(=O)CCNC1CCN2CCCC2C1. The molecule has 2 aliphatic rings. The summed E-state index contributed by atoms with van der Waals surface area (Å²) in [5, 5.41) is 3.46. The molecule has 2 aliphatic heterocycles. The zero-order valence-corrected chi connectivity index (χ0v) is 13.3. The van der Waals surface area contributed by atoms with Crippen LogP contribution in [0, 0.1) is 0 Å². The van der Waals surface area contributed by atoms with Crippen molar-refractivity contribution in [1.82, 2.24) is 10.2 Å². The molecule has 2 fully saturated rings. The van der Waals surface area contributed by atoms with Crippen molar-refractivity contribution in [2.75, 3.05) is 25.4 Å². The molecular formula is C14H28N2O2S. The Hall–Kier alpha value is -0.130. The molecule has 4 nitrogen and oxygen atoms in total. The van der Waals surface area contributed by atoms with Crippen molar-refractivity contribution >= 4 is 9.84 Å². The van der Waals surface area contributed by atoms with E-state index in [1.165, 1.54) is 32.4 Å². The van der Waals surface area contributed by atoms with Gasteiger partial charge in [0.15, 0.2) is 9.84 Å². The zero-order valence-electron chi connectivity index (χ0n) is 12.5. The third-order valence-corrected chi connectivity index (χ3v) is 7.16. The molecule has 0 amide bonds. The summed E-state index contributed by atoms with van der Waals surface area (Å²) in [6.07, 6.45) is 5.00. The first-order valence-electron chi connectivity index (χ1n) is 7.49. The minimum atomic E-state index is -2.99. The molecule has 0 saturated carbocycles. The van der Waals surface area contributed by atoms with Gasteiger partial charge in [0.1, 0.15) is 0 Å². The molecule has 5 heteroatoms. The van der Waals surface area contributed by atoms with Gasteiger partial charge in [-0.05, 0) is 59.5 Å². The van der Waals surface area contributed by atoms with E-state index in [1.807, 2.05) is 0 Å². The second kappa shape index (κ2) is 5.70. The molecule has 2 heterocycles. The van der Waals surface area contributed by atoms with Gasteiger partial charge < -0.3 is 10.2 Å². The minimum Gasteiger partial charge on any atom is -0.313 e. The van der Waals surface area contributed by atoms with Crippen molar-refractivity contribution in [3.05, 3.63) is 0 Å². The maximum atomic E-state index is 12.0. The van der Waals surface area contributed by atoms with Crippen LogP contribution in [0.4, 0.5) is 0 Å². The van der Waals surface area contributed by atoms with Crippen LogP contribution in [0.25, 0.3) is 0 Å². The summed E-state index contributed by atoms with van der Waals surface area (Å²) in [6, 6.07) is 1.25. The largest absolute Gasteiger partial charge is 0.313 e. The number of nitrogens with one attached hydrogen (secondary N) is 1. The van der Waals surface area contributed by atoms with E-state index in [0.717, 1.165) is 12.5 Å². The van der Waals surface area contributed by atoms with Crippen LogP contribution in [0.3, 0.4) is 0 Å². The molecule has 2 atom stereocenters. The summed E-state index contributed by atoms with van der Waals surface area (Å²) in [7, 11) is -2.99. The lowest BCUT2D eigenvalue weighted by molar-refractivity contribution is 0.168. The number of piperidine rings is 1. The van der Waals surface area contributed by atoms with Crippen LogP contribution in [0.2, 0.25) is 0 Å². The summed E-state index contributed by atoms with van der Waals surface area (Å²) >= 11 is 0. The van der Waals surface area contributed by atoms with Crippen LogP contribution in [0.5, 0.6) is 0 Å². The van der Waals surface area contributed by atoms with Crippen molar-refractivity contribution in [2.24, 2.45) is 0 Å². The lowest BCUT2D eigenvalue weighted by Gasteiger charge is -2.35. The predicted octanol–water partition coefficient (Wildman–Crippen LogP) is 1.42. The van der Waals surface area contributed by atoms with Crippen molar-refractivity contribution in [1.29, 1.82) is 0 Å². The van der Waals surface area contributed by atoms with Crippen molar-refractivity contribution < 1.29 is 8.42 Å². The highest BCUT2D eigenvalue weighted by atomic mass is 32.2. The van der Waals surface area contributed by atoms with Crippen molar-refractivity contribution in [3.8, 4) is 0 Å². The first kappa shape index (κ1) is 15.3. The Morgan fingerprint density at radius 3 is 2.63 bits per heavy atom. The fourth-order valence-corrected chi connectivity index (χ4v) is 4.11. The van der Waals surface area contributed by atoms with Gasteiger partial charge in [-0.15, -0.1) is 0 Å². The molecule has 19 heavy (non-hydrogen) atoms. The number of fused-ring (bicyclic) bond motifs is 1. The van der Waals surface area contributed by atoms with Crippen LogP contribution in [-0.4, -0.2) is 55.5 Å². The summed E-state index contributed by atoms with van der Waals surface area (Å²) in [5.41, 5.74) is 0. The van der Waals surface area contributed by atoms with E-state index in [-0.39, 0.29) is 5.75 Å². The number of nitrogens with zero attached hydrogens (tertiary/aromatic N) is 1. The Morgan fingerprint density at radius 1 is 1.21 bits per heavy atom. The molecule has 2 saturated heterocycles. The number of hydrogen-bond acceptors (Lipinski definition) is 4. The highest BCUT2D eigenvalue weighted by molar-refractivity contribution is 7.92. The zero-order chi connectivity index (χ0) is 14.1. The molecular weight excluding hydrogens is 260 g/mol. The third kappa shape index (κ3) is 3.70. The topological polar surface area (TPSA) is 49.4 Å². The summed E-state index contributed by atoms with van der Waals surface area (Å²) < 4.78 is 23.4. The van der Waals surface area contributed by atoms with E-state index in [1.54, 1.807) is 20.8 Å². The normalized spacial score (nSPS) is 29.4. The monoisotopic (exact) mass is 288 g/mol. The Bertz CT molecular complexity index is 400. The van der Waals surface area contributed by atoms with E-state index < -0.39 is 14.6 Å². The quantitative estimate of drug-likeness (QED) is 0.850. The molecule has 112 valence electrons. The van der Waals surface area contributed by atoms with E-state index >= 15 is 0 Å². The molecule has 0 aromatic rings. The Kier molecular flexibility index (Phi) is 4.58. The van der Waals surface area contributed by atoms with Crippen molar-refractivity contribution in [3.63, 3.8) is 0 Å². The molecule has 2 rings (SSSR count). The van der Waals surface area contributed by atoms with Gasteiger partial charge in [-0.25, -0.2) is 8.42 Å². The van der Waals surface area contributed by atoms with Gasteiger partial charge in [-0.2, -0.15) is 0 Å².